The Morgan fingerprint density at radius 1 is 0.425 bits per heavy atom. The van der Waals surface area contributed by atoms with Crippen molar-refractivity contribution in [2.45, 2.75) is 351 Å². The SMILES string of the molecule is CC/C=C\C/C=C\C/C=C\C/C=C\CCCCCCCCCCCCCCCCCCCCC(=O)NC(COC1OC(CO)C(OC2OC(CO)C(O)C(O)C2O)C(O)C1O)C(O)/C=C/CC/C=C/CC/C=C/CCCCCCCCCCCCCC. The van der Waals surface area contributed by atoms with Crippen LogP contribution in [0.3, 0.4) is 0 Å². The van der Waals surface area contributed by atoms with Gasteiger partial charge in [0.1, 0.15) is 48.8 Å². The van der Waals surface area contributed by atoms with Crippen molar-refractivity contribution in [3.63, 3.8) is 0 Å². The van der Waals surface area contributed by atoms with Crippen molar-refractivity contribution in [3.05, 3.63) is 85.1 Å². The molecule has 9 N–H and O–H groups in total. The number of rotatable bonds is 57. The highest BCUT2D eigenvalue weighted by Gasteiger charge is 2.51. The normalized spacial score (nSPS) is 23.8. The number of hydrogen-bond donors (Lipinski definition) is 9. The highest BCUT2D eigenvalue weighted by Crippen LogP contribution is 2.30. The second-order valence-electron chi connectivity index (χ2n) is 24.6. The van der Waals surface area contributed by atoms with E-state index in [4.69, 9.17) is 18.9 Å². The Balaban J connectivity index is 1.68. The van der Waals surface area contributed by atoms with Crippen molar-refractivity contribution in [2.24, 2.45) is 0 Å². The Bertz CT molecular complexity index is 1780. The Morgan fingerprint density at radius 3 is 1.26 bits per heavy atom. The van der Waals surface area contributed by atoms with Gasteiger partial charge in [0.15, 0.2) is 12.6 Å². The van der Waals surface area contributed by atoms with Crippen LogP contribution in [-0.4, -0.2) is 140 Å². The lowest BCUT2D eigenvalue weighted by molar-refractivity contribution is -0.359. The van der Waals surface area contributed by atoms with Crippen molar-refractivity contribution in [1.82, 2.24) is 5.32 Å². The Kier molecular flexibility index (Phi) is 52.7. The van der Waals surface area contributed by atoms with Crippen LogP contribution in [0.1, 0.15) is 277 Å². The van der Waals surface area contributed by atoms with Gasteiger partial charge in [0.05, 0.1) is 32.0 Å². The van der Waals surface area contributed by atoms with Crippen LogP contribution in [0.2, 0.25) is 0 Å². The van der Waals surface area contributed by atoms with Crippen molar-refractivity contribution in [1.29, 1.82) is 0 Å². The smallest absolute Gasteiger partial charge is 0.220 e. The first-order valence-corrected chi connectivity index (χ1v) is 35.3. The number of carbonyl (C=O) groups excluding carboxylic acids is 1. The molecule has 2 aliphatic rings. The molecule has 2 heterocycles. The number of allylic oxidation sites excluding steroid dienone is 13. The molecule has 504 valence electrons. The molecule has 0 aromatic carbocycles. The van der Waals surface area contributed by atoms with E-state index in [2.05, 4.69) is 92.1 Å². The van der Waals surface area contributed by atoms with E-state index in [1.807, 2.05) is 6.08 Å². The van der Waals surface area contributed by atoms with Crippen LogP contribution in [0.25, 0.3) is 0 Å². The van der Waals surface area contributed by atoms with Gasteiger partial charge < -0.3 is 65.1 Å². The quantitative estimate of drug-likeness (QED) is 0.0204. The molecule has 0 aliphatic carbocycles. The maximum absolute atomic E-state index is 13.3. The molecular formula is C73H129NO13. The summed E-state index contributed by atoms with van der Waals surface area (Å²) in [6.07, 6.45) is 62.1. The first-order valence-electron chi connectivity index (χ1n) is 35.3. The first kappa shape index (κ1) is 80.3. The molecule has 0 aromatic heterocycles. The topological polar surface area (TPSA) is 228 Å². The van der Waals surface area contributed by atoms with Crippen LogP contribution in [0, 0.1) is 0 Å². The van der Waals surface area contributed by atoms with Crippen LogP contribution in [0.4, 0.5) is 0 Å². The van der Waals surface area contributed by atoms with Gasteiger partial charge in [-0.1, -0.05) is 272 Å². The third-order valence-electron chi connectivity index (χ3n) is 16.8. The van der Waals surface area contributed by atoms with Crippen LogP contribution in [0.5, 0.6) is 0 Å². The largest absolute Gasteiger partial charge is 0.394 e. The van der Waals surface area contributed by atoms with Crippen molar-refractivity contribution in [2.75, 3.05) is 19.8 Å². The molecule has 2 aliphatic heterocycles. The number of aliphatic hydroxyl groups is 8. The third kappa shape index (κ3) is 41.3. The summed E-state index contributed by atoms with van der Waals surface area (Å²) in [4.78, 5) is 13.3. The number of nitrogens with one attached hydrogen (secondary N) is 1. The number of carbonyl (C=O) groups is 1. The van der Waals surface area contributed by atoms with E-state index in [1.165, 1.54) is 173 Å². The van der Waals surface area contributed by atoms with E-state index in [1.54, 1.807) is 6.08 Å². The molecule has 2 rings (SSSR count). The van der Waals surface area contributed by atoms with Gasteiger partial charge in [0, 0.05) is 6.42 Å². The summed E-state index contributed by atoms with van der Waals surface area (Å²) in [6.45, 7) is 2.69. The summed E-state index contributed by atoms with van der Waals surface area (Å²) >= 11 is 0. The fraction of sp³-hybridized carbons (Fsp3) is 0.795. The molecule has 2 fully saturated rings. The second kappa shape index (κ2) is 57.1. The molecule has 14 heteroatoms. The van der Waals surface area contributed by atoms with Crippen molar-refractivity contribution < 1.29 is 64.6 Å². The van der Waals surface area contributed by atoms with Crippen molar-refractivity contribution >= 4 is 5.91 Å². The Hall–Kier alpha value is -2.83. The Labute approximate surface area is 529 Å². The van der Waals surface area contributed by atoms with E-state index in [9.17, 15) is 45.6 Å². The lowest BCUT2D eigenvalue weighted by atomic mass is 9.97. The first-order chi connectivity index (χ1) is 42.6. The fourth-order valence-electron chi connectivity index (χ4n) is 11.2. The third-order valence-corrected chi connectivity index (χ3v) is 16.8. The average molecular weight is 1230 g/mol. The lowest BCUT2D eigenvalue weighted by Crippen LogP contribution is -2.65. The van der Waals surface area contributed by atoms with Crippen molar-refractivity contribution in [3.8, 4) is 0 Å². The molecular weight excluding hydrogens is 1100 g/mol. The number of amides is 1. The number of unbranched alkanes of at least 4 members (excludes halogenated alkanes) is 32. The van der Waals surface area contributed by atoms with Crippen LogP contribution >= 0.6 is 0 Å². The molecule has 0 bridgehead atoms. The highest BCUT2D eigenvalue weighted by atomic mass is 16.7. The number of hydrogen-bond acceptors (Lipinski definition) is 13. The van der Waals surface area contributed by atoms with Crippen LogP contribution < -0.4 is 5.32 Å². The predicted octanol–water partition coefficient (Wildman–Crippen LogP) is 14.4. The molecule has 12 atom stereocenters. The van der Waals surface area contributed by atoms with Crippen LogP contribution in [-0.2, 0) is 23.7 Å². The zero-order chi connectivity index (χ0) is 63.1. The molecule has 0 saturated carbocycles. The van der Waals surface area contributed by atoms with Gasteiger partial charge in [-0.3, -0.25) is 4.79 Å². The zero-order valence-corrected chi connectivity index (χ0v) is 54.7. The Morgan fingerprint density at radius 2 is 0.805 bits per heavy atom. The van der Waals surface area contributed by atoms with Gasteiger partial charge in [0.25, 0.3) is 0 Å². The molecule has 1 amide bonds. The zero-order valence-electron chi connectivity index (χ0n) is 54.7. The van der Waals surface area contributed by atoms with E-state index in [-0.39, 0.29) is 18.9 Å². The molecule has 2 saturated heterocycles. The molecule has 12 unspecified atom stereocenters. The number of aliphatic hydroxyl groups excluding tert-OH is 8. The summed E-state index contributed by atoms with van der Waals surface area (Å²) in [5.41, 5.74) is 0. The average Bonchev–Trinajstić information content (AvgIpc) is 2.33. The summed E-state index contributed by atoms with van der Waals surface area (Å²) in [5.74, 6) is -0.252. The van der Waals surface area contributed by atoms with Gasteiger partial charge in [-0.05, 0) is 83.5 Å². The fourth-order valence-corrected chi connectivity index (χ4v) is 11.2. The van der Waals surface area contributed by atoms with Gasteiger partial charge >= 0.3 is 0 Å². The maximum atomic E-state index is 13.3. The molecule has 87 heavy (non-hydrogen) atoms. The molecule has 0 spiro atoms. The minimum atomic E-state index is -1.80. The summed E-state index contributed by atoms with van der Waals surface area (Å²) in [5, 5.41) is 87.4. The minimum Gasteiger partial charge on any atom is -0.394 e. The maximum Gasteiger partial charge on any atom is 0.220 e. The standard InChI is InChI=1S/C73H129NO13/c1-3-5-7-9-11-13-15-17-19-21-23-25-27-28-29-30-31-32-33-34-35-37-39-41-43-45-47-49-51-53-55-57-65(78)74-61(60-84-72-70(83)68(81)71(64(59-76)86-72)87-73-69(82)67(80)66(79)63(58-75)85-73)62(77)56-54-52-50-48-46-44-42-40-38-36-26-24-22-20-18-16-14-12-10-8-6-4-2/h5,7,11,13,17,19,23,25,38,40,46,48,54,56,61-64,66-73,75-77,79-83H,3-4,6,8-10,12,14-16,18,20-22,24,26-37,39,41-45,47,49-53,55,57-60H2,1-2H3,(H,74,78)/b7-5-,13-11-,19-17-,25-23-,40-38+,48-46+,56-54+. The summed E-state index contributed by atoms with van der Waals surface area (Å²) in [7, 11) is 0. The van der Waals surface area contributed by atoms with Gasteiger partial charge in [0.2, 0.25) is 5.91 Å². The molecule has 14 nitrogen and oxygen atoms in total. The van der Waals surface area contributed by atoms with Crippen LogP contribution in [0.15, 0.2) is 85.1 Å². The van der Waals surface area contributed by atoms with E-state index >= 15 is 0 Å². The summed E-state index contributed by atoms with van der Waals surface area (Å²) < 4.78 is 22.8. The monoisotopic (exact) mass is 1230 g/mol. The number of ether oxygens (including phenoxy) is 4. The highest BCUT2D eigenvalue weighted by molar-refractivity contribution is 5.76. The molecule has 0 radical (unpaired) electrons. The van der Waals surface area contributed by atoms with E-state index < -0.39 is 86.8 Å². The predicted molar refractivity (Wildman–Crippen MR) is 355 cm³/mol. The van der Waals surface area contributed by atoms with Gasteiger partial charge in [-0.25, -0.2) is 0 Å². The van der Waals surface area contributed by atoms with E-state index in [0.717, 1.165) is 70.6 Å². The van der Waals surface area contributed by atoms with E-state index in [0.29, 0.717) is 12.8 Å². The summed E-state index contributed by atoms with van der Waals surface area (Å²) in [6, 6.07) is -0.942. The molecule has 0 aromatic rings. The van der Waals surface area contributed by atoms with Gasteiger partial charge in [-0.15, -0.1) is 0 Å². The lowest BCUT2D eigenvalue weighted by Gasteiger charge is -2.46. The minimum absolute atomic E-state index is 0.252. The second-order valence-corrected chi connectivity index (χ2v) is 24.6. The van der Waals surface area contributed by atoms with Gasteiger partial charge in [-0.2, -0.15) is 0 Å².